The van der Waals surface area contributed by atoms with Gasteiger partial charge in [-0.25, -0.2) is 13.9 Å². The molecular formula is C24H19FN4O3. The van der Waals surface area contributed by atoms with E-state index in [4.69, 9.17) is 4.74 Å². The molecule has 2 heterocycles. The van der Waals surface area contributed by atoms with Crippen molar-refractivity contribution in [2.75, 3.05) is 11.9 Å². The predicted molar refractivity (Wildman–Crippen MR) is 117 cm³/mol. The first-order chi connectivity index (χ1) is 15.5. The lowest BCUT2D eigenvalue weighted by molar-refractivity contribution is 0.0526. The molecule has 0 spiro atoms. The number of nitrogens with zero attached hydrogens (tertiary/aromatic N) is 3. The number of hydrogen-bond acceptors (Lipinski definition) is 5. The second-order valence-corrected chi connectivity index (χ2v) is 6.80. The smallest absolute Gasteiger partial charge is 0.338 e. The van der Waals surface area contributed by atoms with E-state index in [0.717, 1.165) is 5.56 Å². The number of rotatable bonds is 6. The zero-order valence-electron chi connectivity index (χ0n) is 17.2. The predicted octanol–water partition coefficient (Wildman–Crippen LogP) is 4.50. The molecule has 1 N–H and O–H groups in total. The molecule has 4 aromatic rings. The average Bonchev–Trinajstić information content (AvgIpc) is 3.26. The normalized spacial score (nSPS) is 10.6. The number of nitrogens with one attached hydrogen (secondary N) is 1. The van der Waals surface area contributed by atoms with Crippen LogP contribution in [0.2, 0.25) is 0 Å². The Bertz CT molecular complexity index is 1250. The second kappa shape index (κ2) is 9.22. The van der Waals surface area contributed by atoms with Crippen LogP contribution in [0.15, 0.2) is 79.1 Å². The Hall–Kier alpha value is -4.33. The lowest BCUT2D eigenvalue weighted by Gasteiger charge is -2.07. The molecule has 0 radical (unpaired) electrons. The van der Waals surface area contributed by atoms with E-state index in [9.17, 15) is 14.0 Å². The molecule has 0 aliphatic rings. The standard InChI is InChI=1S/C24H19FN4O3/c1-2-32-24(31)16-5-3-7-19(13-16)27-23(30)21-14-22(17-6-4-12-26-15-17)29(28-21)20-10-8-18(25)9-11-20/h3-15H,2H2,1H3,(H,27,30). The number of carbonyl (C=O) groups excluding carboxylic acids is 2. The summed E-state index contributed by atoms with van der Waals surface area (Å²) < 4.78 is 20.0. The van der Waals surface area contributed by atoms with Crippen LogP contribution in [-0.2, 0) is 4.74 Å². The Kier molecular flexibility index (Phi) is 6.03. The minimum Gasteiger partial charge on any atom is -0.462 e. The molecular weight excluding hydrogens is 411 g/mol. The number of aromatic nitrogens is 3. The third-order valence-electron chi connectivity index (χ3n) is 4.60. The van der Waals surface area contributed by atoms with Crippen LogP contribution in [0.3, 0.4) is 0 Å². The quantitative estimate of drug-likeness (QED) is 0.455. The van der Waals surface area contributed by atoms with Crippen molar-refractivity contribution in [2.45, 2.75) is 6.92 Å². The van der Waals surface area contributed by atoms with E-state index < -0.39 is 11.9 Å². The highest BCUT2D eigenvalue weighted by atomic mass is 19.1. The molecule has 2 aromatic carbocycles. The van der Waals surface area contributed by atoms with Crippen molar-refractivity contribution in [1.29, 1.82) is 0 Å². The molecule has 2 aromatic heterocycles. The molecule has 0 fully saturated rings. The van der Waals surface area contributed by atoms with Crippen LogP contribution in [-0.4, -0.2) is 33.2 Å². The van der Waals surface area contributed by atoms with E-state index in [1.165, 1.54) is 18.2 Å². The van der Waals surface area contributed by atoms with Crippen LogP contribution in [0.5, 0.6) is 0 Å². The largest absolute Gasteiger partial charge is 0.462 e. The molecule has 160 valence electrons. The molecule has 4 rings (SSSR count). The molecule has 0 bridgehead atoms. The maximum atomic E-state index is 13.4. The number of benzene rings is 2. The molecule has 0 unspecified atom stereocenters. The first-order valence-electron chi connectivity index (χ1n) is 9.90. The van der Waals surface area contributed by atoms with Gasteiger partial charge in [-0.15, -0.1) is 0 Å². The van der Waals surface area contributed by atoms with Gasteiger partial charge in [-0.2, -0.15) is 5.10 Å². The first kappa shape index (κ1) is 20.9. The van der Waals surface area contributed by atoms with Gasteiger partial charge in [0.1, 0.15) is 5.82 Å². The lowest BCUT2D eigenvalue weighted by Crippen LogP contribution is -2.14. The summed E-state index contributed by atoms with van der Waals surface area (Å²) in [7, 11) is 0. The lowest BCUT2D eigenvalue weighted by atomic mass is 10.2. The summed E-state index contributed by atoms with van der Waals surface area (Å²) in [4.78, 5) is 29.0. The summed E-state index contributed by atoms with van der Waals surface area (Å²) >= 11 is 0. The fourth-order valence-electron chi connectivity index (χ4n) is 3.12. The summed E-state index contributed by atoms with van der Waals surface area (Å²) in [6.07, 6.45) is 3.30. The van der Waals surface area contributed by atoms with Gasteiger partial charge in [0.25, 0.3) is 5.91 Å². The SMILES string of the molecule is CCOC(=O)c1cccc(NC(=O)c2cc(-c3cccnc3)n(-c3ccc(F)cc3)n2)c1. The number of anilines is 1. The fourth-order valence-corrected chi connectivity index (χ4v) is 3.12. The zero-order chi connectivity index (χ0) is 22.5. The summed E-state index contributed by atoms with van der Waals surface area (Å²) in [6.45, 7) is 1.98. The molecule has 0 saturated heterocycles. The van der Waals surface area contributed by atoms with Crippen molar-refractivity contribution in [3.05, 3.63) is 96.2 Å². The number of ether oxygens (including phenoxy) is 1. The van der Waals surface area contributed by atoms with E-state index in [1.54, 1.807) is 66.5 Å². The second-order valence-electron chi connectivity index (χ2n) is 6.80. The molecule has 7 nitrogen and oxygen atoms in total. The van der Waals surface area contributed by atoms with Crippen LogP contribution in [0.4, 0.5) is 10.1 Å². The highest BCUT2D eigenvalue weighted by Gasteiger charge is 2.18. The highest BCUT2D eigenvalue weighted by Crippen LogP contribution is 2.24. The Balaban J connectivity index is 1.67. The molecule has 0 saturated carbocycles. The highest BCUT2D eigenvalue weighted by molar-refractivity contribution is 6.04. The topological polar surface area (TPSA) is 86.1 Å². The van der Waals surface area contributed by atoms with Gasteiger partial charge in [0.05, 0.1) is 23.6 Å². The Morgan fingerprint density at radius 1 is 1.06 bits per heavy atom. The third kappa shape index (κ3) is 4.54. The number of esters is 1. The number of halogens is 1. The Labute approximate surface area is 183 Å². The maximum Gasteiger partial charge on any atom is 0.338 e. The number of hydrogen-bond donors (Lipinski definition) is 1. The third-order valence-corrected chi connectivity index (χ3v) is 4.60. The van der Waals surface area contributed by atoms with Gasteiger partial charge < -0.3 is 10.1 Å². The minimum atomic E-state index is -0.469. The van der Waals surface area contributed by atoms with Crippen LogP contribution in [0.25, 0.3) is 16.9 Å². The molecule has 0 aliphatic heterocycles. The van der Waals surface area contributed by atoms with Gasteiger partial charge in [-0.1, -0.05) is 6.07 Å². The van der Waals surface area contributed by atoms with Crippen molar-refractivity contribution in [2.24, 2.45) is 0 Å². The van der Waals surface area contributed by atoms with Crippen LogP contribution in [0.1, 0.15) is 27.8 Å². The van der Waals surface area contributed by atoms with Gasteiger partial charge in [0.2, 0.25) is 0 Å². The van der Waals surface area contributed by atoms with Gasteiger partial charge in [-0.05, 0) is 67.6 Å². The molecule has 8 heteroatoms. The number of amides is 1. The van der Waals surface area contributed by atoms with Crippen molar-refractivity contribution < 1.29 is 18.7 Å². The fraction of sp³-hybridized carbons (Fsp3) is 0.0833. The van der Waals surface area contributed by atoms with Gasteiger partial charge in [0, 0.05) is 23.6 Å². The number of pyridine rings is 1. The van der Waals surface area contributed by atoms with Gasteiger partial charge in [-0.3, -0.25) is 9.78 Å². The average molecular weight is 430 g/mol. The zero-order valence-corrected chi connectivity index (χ0v) is 17.2. The summed E-state index contributed by atoms with van der Waals surface area (Å²) in [6, 6.07) is 17.5. The summed E-state index contributed by atoms with van der Waals surface area (Å²) in [5.74, 6) is -1.30. The van der Waals surface area contributed by atoms with E-state index in [2.05, 4.69) is 15.4 Å². The van der Waals surface area contributed by atoms with Gasteiger partial charge in [0.15, 0.2) is 5.69 Å². The minimum absolute atomic E-state index is 0.148. The van der Waals surface area contributed by atoms with Crippen molar-refractivity contribution in [3.8, 4) is 16.9 Å². The van der Waals surface area contributed by atoms with Crippen LogP contribution in [0, 0.1) is 5.82 Å². The summed E-state index contributed by atoms with van der Waals surface area (Å²) in [5.41, 5.74) is 2.86. The first-order valence-corrected chi connectivity index (χ1v) is 9.90. The molecule has 32 heavy (non-hydrogen) atoms. The van der Waals surface area contributed by atoms with E-state index >= 15 is 0 Å². The van der Waals surface area contributed by atoms with Crippen molar-refractivity contribution in [3.63, 3.8) is 0 Å². The monoisotopic (exact) mass is 430 g/mol. The number of carbonyl (C=O) groups is 2. The molecule has 1 amide bonds. The van der Waals surface area contributed by atoms with Crippen molar-refractivity contribution >= 4 is 17.6 Å². The van der Waals surface area contributed by atoms with Crippen LogP contribution >= 0.6 is 0 Å². The van der Waals surface area contributed by atoms with Gasteiger partial charge >= 0.3 is 5.97 Å². The molecule has 0 aliphatic carbocycles. The van der Waals surface area contributed by atoms with Crippen molar-refractivity contribution in [1.82, 2.24) is 14.8 Å². The van der Waals surface area contributed by atoms with E-state index in [0.29, 0.717) is 22.6 Å². The summed E-state index contributed by atoms with van der Waals surface area (Å²) in [5, 5.41) is 7.18. The van der Waals surface area contributed by atoms with Crippen LogP contribution < -0.4 is 5.32 Å². The molecule has 0 atom stereocenters. The van der Waals surface area contributed by atoms with E-state index in [1.807, 2.05) is 6.07 Å². The Morgan fingerprint density at radius 2 is 1.88 bits per heavy atom. The Morgan fingerprint density at radius 3 is 2.59 bits per heavy atom. The maximum absolute atomic E-state index is 13.4. The van der Waals surface area contributed by atoms with E-state index in [-0.39, 0.29) is 18.1 Å².